The summed E-state index contributed by atoms with van der Waals surface area (Å²) < 4.78 is 4.80. The van der Waals surface area contributed by atoms with Crippen molar-refractivity contribution in [1.29, 1.82) is 5.26 Å². The molecule has 0 saturated carbocycles. The molecule has 0 saturated heterocycles. The second-order valence-electron chi connectivity index (χ2n) is 1.88. The molecule has 0 unspecified atom stereocenters. The molecule has 0 spiro atoms. The van der Waals surface area contributed by atoms with Gasteiger partial charge in [-0.05, 0) is 6.92 Å². The van der Waals surface area contributed by atoms with Gasteiger partial charge in [0.2, 0.25) is 0 Å². The molecule has 0 heterocycles. The Kier molecular flexibility index (Phi) is 4.83. The SMILES string of the molecule is CCO/C=C(\C#N)C(=O)CC. The van der Waals surface area contributed by atoms with E-state index >= 15 is 0 Å². The highest BCUT2D eigenvalue weighted by Crippen LogP contribution is 1.98. The van der Waals surface area contributed by atoms with Gasteiger partial charge in [0.25, 0.3) is 0 Å². The molecule has 0 bridgehead atoms. The lowest BCUT2D eigenvalue weighted by Crippen LogP contribution is -1.99. The maximum absolute atomic E-state index is 10.9. The molecule has 0 aromatic rings. The summed E-state index contributed by atoms with van der Waals surface area (Å²) in [4.78, 5) is 10.9. The van der Waals surface area contributed by atoms with E-state index in [0.717, 1.165) is 0 Å². The lowest BCUT2D eigenvalue weighted by Gasteiger charge is -1.95. The summed E-state index contributed by atoms with van der Waals surface area (Å²) in [5, 5.41) is 8.44. The van der Waals surface area contributed by atoms with Crippen LogP contribution in [-0.4, -0.2) is 12.4 Å². The van der Waals surface area contributed by atoms with Crippen LogP contribution in [0.2, 0.25) is 0 Å². The van der Waals surface area contributed by atoms with Crippen molar-refractivity contribution in [2.24, 2.45) is 0 Å². The second kappa shape index (κ2) is 5.48. The van der Waals surface area contributed by atoms with Gasteiger partial charge in [0.1, 0.15) is 17.9 Å². The summed E-state index contributed by atoms with van der Waals surface area (Å²) in [6, 6.07) is 1.77. The van der Waals surface area contributed by atoms with Gasteiger partial charge in [-0.25, -0.2) is 0 Å². The first-order chi connectivity index (χ1) is 5.26. The van der Waals surface area contributed by atoms with Crippen LogP contribution in [0, 0.1) is 11.3 Å². The van der Waals surface area contributed by atoms with E-state index in [1.807, 2.05) is 0 Å². The summed E-state index contributed by atoms with van der Waals surface area (Å²) in [6.45, 7) is 3.98. The van der Waals surface area contributed by atoms with Crippen LogP contribution in [0.25, 0.3) is 0 Å². The molecule has 0 radical (unpaired) electrons. The zero-order chi connectivity index (χ0) is 8.69. The molecule has 0 N–H and O–H groups in total. The average molecular weight is 153 g/mol. The number of nitrogens with zero attached hydrogens (tertiary/aromatic N) is 1. The van der Waals surface area contributed by atoms with Crippen molar-refractivity contribution in [3.05, 3.63) is 11.8 Å². The van der Waals surface area contributed by atoms with E-state index in [2.05, 4.69) is 0 Å². The van der Waals surface area contributed by atoms with Gasteiger partial charge in [-0.1, -0.05) is 6.92 Å². The van der Waals surface area contributed by atoms with Gasteiger partial charge in [0.15, 0.2) is 5.78 Å². The highest BCUT2D eigenvalue weighted by atomic mass is 16.5. The molecule has 0 aliphatic carbocycles. The van der Waals surface area contributed by atoms with Crippen LogP contribution in [0.5, 0.6) is 0 Å². The van der Waals surface area contributed by atoms with Crippen LogP contribution in [-0.2, 0) is 9.53 Å². The smallest absolute Gasteiger partial charge is 0.176 e. The number of carbonyl (C=O) groups excluding carboxylic acids is 1. The largest absolute Gasteiger partial charge is 0.500 e. The minimum absolute atomic E-state index is 0.0920. The fourth-order valence-corrected chi connectivity index (χ4v) is 0.512. The first kappa shape index (κ1) is 9.70. The molecular formula is C8H11NO2. The standard InChI is InChI=1S/C8H11NO2/c1-3-8(10)7(5-9)6-11-4-2/h6H,3-4H2,1-2H3/b7-6+. The summed E-state index contributed by atoms with van der Waals surface area (Å²) >= 11 is 0. The monoisotopic (exact) mass is 153 g/mol. The Balaban J connectivity index is 4.18. The number of nitriles is 1. The molecule has 0 atom stereocenters. The minimum Gasteiger partial charge on any atom is -0.500 e. The van der Waals surface area contributed by atoms with E-state index in [1.54, 1.807) is 19.9 Å². The number of ketones is 1. The predicted octanol–water partition coefficient (Wildman–Crippen LogP) is 1.41. The van der Waals surface area contributed by atoms with E-state index in [0.29, 0.717) is 13.0 Å². The van der Waals surface area contributed by atoms with Crippen molar-refractivity contribution in [3.63, 3.8) is 0 Å². The van der Waals surface area contributed by atoms with Crippen LogP contribution in [0.3, 0.4) is 0 Å². The molecule has 11 heavy (non-hydrogen) atoms. The first-order valence-electron chi connectivity index (χ1n) is 3.51. The van der Waals surface area contributed by atoms with E-state index in [4.69, 9.17) is 10.00 Å². The Hall–Kier alpha value is -1.30. The lowest BCUT2D eigenvalue weighted by atomic mass is 10.2. The van der Waals surface area contributed by atoms with Crippen molar-refractivity contribution in [1.82, 2.24) is 0 Å². The predicted molar refractivity (Wildman–Crippen MR) is 40.6 cm³/mol. The normalized spacial score (nSPS) is 10.5. The van der Waals surface area contributed by atoms with E-state index in [1.165, 1.54) is 6.26 Å². The van der Waals surface area contributed by atoms with Crippen LogP contribution >= 0.6 is 0 Å². The van der Waals surface area contributed by atoms with E-state index < -0.39 is 0 Å². The van der Waals surface area contributed by atoms with Gasteiger partial charge >= 0.3 is 0 Å². The molecule has 3 heteroatoms. The van der Waals surface area contributed by atoms with Crippen LogP contribution in [0.1, 0.15) is 20.3 Å². The average Bonchev–Trinajstić information content (AvgIpc) is 2.05. The van der Waals surface area contributed by atoms with E-state index in [9.17, 15) is 4.79 Å². The number of carbonyl (C=O) groups is 1. The third-order valence-corrected chi connectivity index (χ3v) is 1.11. The van der Waals surface area contributed by atoms with Crippen molar-refractivity contribution >= 4 is 5.78 Å². The summed E-state index contributed by atoms with van der Waals surface area (Å²) in [5.41, 5.74) is 0.0920. The number of hydrogen-bond donors (Lipinski definition) is 0. The Morgan fingerprint density at radius 2 is 2.27 bits per heavy atom. The van der Waals surface area contributed by atoms with Gasteiger partial charge < -0.3 is 4.74 Å². The maximum atomic E-state index is 10.9. The van der Waals surface area contributed by atoms with Crippen molar-refractivity contribution in [3.8, 4) is 6.07 Å². The first-order valence-corrected chi connectivity index (χ1v) is 3.51. The van der Waals surface area contributed by atoms with Crippen molar-refractivity contribution in [2.45, 2.75) is 20.3 Å². The number of Topliss-reactive ketones (excluding diaryl/α,β-unsaturated/α-hetero) is 1. The molecule has 0 aliphatic rings. The molecule has 0 rings (SSSR count). The van der Waals surface area contributed by atoms with E-state index in [-0.39, 0.29) is 11.4 Å². The van der Waals surface area contributed by atoms with Gasteiger partial charge in [-0.2, -0.15) is 5.26 Å². The number of hydrogen-bond acceptors (Lipinski definition) is 3. The van der Waals surface area contributed by atoms with Gasteiger partial charge in [0, 0.05) is 6.42 Å². The third-order valence-electron chi connectivity index (χ3n) is 1.11. The number of rotatable bonds is 4. The van der Waals surface area contributed by atoms with Crippen molar-refractivity contribution in [2.75, 3.05) is 6.61 Å². The van der Waals surface area contributed by atoms with Gasteiger partial charge in [-0.3, -0.25) is 4.79 Å². The second-order valence-corrected chi connectivity index (χ2v) is 1.88. The number of ether oxygens (including phenoxy) is 1. The zero-order valence-electron chi connectivity index (χ0n) is 6.76. The minimum atomic E-state index is -0.180. The molecular weight excluding hydrogens is 142 g/mol. The molecule has 0 amide bonds. The van der Waals surface area contributed by atoms with Gasteiger partial charge in [-0.15, -0.1) is 0 Å². The molecule has 0 aliphatic heterocycles. The molecule has 0 fully saturated rings. The quantitative estimate of drug-likeness (QED) is 0.348. The Morgan fingerprint density at radius 3 is 2.64 bits per heavy atom. The Labute approximate surface area is 66.3 Å². The summed E-state index contributed by atoms with van der Waals surface area (Å²) in [6.07, 6.45) is 1.55. The Morgan fingerprint density at radius 1 is 1.64 bits per heavy atom. The van der Waals surface area contributed by atoms with Gasteiger partial charge in [0.05, 0.1) is 6.61 Å². The van der Waals surface area contributed by atoms with Crippen LogP contribution < -0.4 is 0 Å². The zero-order valence-corrected chi connectivity index (χ0v) is 6.76. The van der Waals surface area contributed by atoms with Crippen LogP contribution in [0.4, 0.5) is 0 Å². The molecule has 60 valence electrons. The highest BCUT2D eigenvalue weighted by Gasteiger charge is 2.04. The molecule has 0 aromatic carbocycles. The summed E-state index contributed by atoms with van der Waals surface area (Å²) in [7, 11) is 0. The fourth-order valence-electron chi connectivity index (χ4n) is 0.512. The molecule has 0 aromatic heterocycles. The molecule has 3 nitrogen and oxygen atoms in total. The summed E-state index contributed by atoms with van der Waals surface area (Å²) in [5.74, 6) is -0.180. The number of allylic oxidation sites excluding steroid dienone is 1. The maximum Gasteiger partial charge on any atom is 0.176 e. The fraction of sp³-hybridized carbons (Fsp3) is 0.500. The topological polar surface area (TPSA) is 50.1 Å². The Bertz CT molecular complexity index is 201. The lowest BCUT2D eigenvalue weighted by molar-refractivity contribution is -0.115. The van der Waals surface area contributed by atoms with Crippen molar-refractivity contribution < 1.29 is 9.53 Å². The van der Waals surface area contributed by atoms with Crippen LogP contribution in [0.15, 0.2) is 11.8 Å². The highest BCUT2D eigenvalue weighted by molar-refractivity contribution is 5.98. The third kappa shape index (κ3) is 3.41.